The van der Waals surface area contributed by atoms with E-state index in [0.29, 0.717) is 23.8 Å². The maximum Gasteiger partial charge on any atom is 0.262 e. The molecular weight excluding hydrogens is 428 g/mol. The first-order valence-corrected chi connectivity index (χ1v) is 11.8. The second kappa shape index (κ2) is 10.8. The van der Waals surface area contributed by atoms with Crippen molar-refractivity contribution in [3.8, 4) is 11.5 Å². The Morgan fingerprint density at radius 1 is 0.844 bits per heavy atom. The van der Waals surface area contributed by atoms with Crippen LogP contribution in [-0.4, -0.2) is 38.5 Å². The van der Waals surface area contributed by atoms with Crippen LogP contribution in [0.5, 0.6) is 11.5 Å². The van der Waals surface area contributed by atoms with E-state index in [-0.39, 0.29) is 19.1 Å². The molecule has 0 aliphatic rings. The normalized spacial score (nSPS) is 11.2. The van der Waals surface area contributed by atoms with E-state index in [1.807, 2.05) is 30.3 Å². The number of hydrogen-bond acceptors (Lipinski definition) is 5. The van der Waals surface area contributed by atoms with Crippen LogP contribution in [0, 0.1) is 0 Å². The standard InChI is InChI=1S/C24H26N2O5S/c1-26(32(2,28)29)16-19-8-12-22(13-9-19)31-18-24(27)25-21-10-14-23(15-11-21)30-17-20-6-4-3-5-7-20/h3-15H,16-18H2,1-2H3,(H,25,27). The lowest BCUT2D eigenvalue weighted by Gasteiger charge is -2.14. The predicted molar refractivity (Wildman–Crippen MR) is 124 cm³/mol. The second-order valence-corrected chi connectivity index (χ2v) is 9.39. The average molecular weight is 455 g/mol. The van der Waals surface area contributed by atoms with Crippen molar-refractivity contribution < 1.29 is 22.7 Å². The van der Waals surface area contributed by atoms with Crippen LogP contribution in [0.25, 0.3) is 0 Å². The number of hydrogen-bond donors (Lipinski definition) is 1. The Bertz CT molecular complexity index is 1120. The molecule has 0 radical (unpaired) electrons. The van der Waals surface area contributed by atoms with Gasteiger partial charge in [0, 0.05) is 19.3 Å². The largest absolute Gasteiger partial charge is 0.489 e. The minimum Gasteiger partial charge on any atom is -0.489 e. The lowest BCUT2D eigenvalue weighted by molar-refractivity contribution is -0.118. The summed E-state index contributed by atoms with van der Waals surface area (Å²) >= 11 is 0. The van der Waals surface area contributed by atoms with Gasteiger partial charge in [-0.1, -0.05) is 42.5 Å². The van der Waals surface area contributed by atoms with Gasteiger partial charge in [0.2, 0.25) is 10.0 Å². The van der Waals surface area contributed by atoms with Crippen molar-refractivity contribution in [1.82, 2.24) is 4.31 Å². The van der Waals surface area contributed by atoms with Crippen LogP contribution >= 0.6 is 0 Å². The van der Waals surface area contributed by atoms with E-state index in [2.05, 4.69) is 5.32 Å². The molecule has 3 aromatic rings. The highest BCUT2D eigenvalue weighted by atomic mass is 32.2. The number of amides is 1. The van der Waals surface area contributed by atoms with E-state index in [1.165, 1.54) is 11.4 Å². The van der Waals surface area contributed by atoms with Crippen LogP contribution in [-0.2, 0) is 28.0 Å². The smallest absolute Gasteiger partial charge is 0.262 e. The van der Waals surface area contributed by atoms with Crippen molar-refractivity contribution in [1.29, 1.82) is 0 Å². The number of ether oxygens (including phenoxy) is 2. The fourth-order valence-corrected chi connectivity index (χ4v) is 3.17. The molecule has 1 amide bonds. The SMILES string of the molecule is CN(Cc1ccc(OCC(=O)Nc2ccc(OCc3ccccc3)cc2)cc1)S(C)(=O)=O. The van der Waals surface area contributed by atoms with E-state index in [9.17, 15) is 13.2 Å². The molecule has 168 valence electrons. The molecule has 3 rings (SSSR count). The fraction of sp³-hybridized carbons (Fsp3) is 0.208. The third-order valence-corrected chi connectivity index (χ3v) is 5.91. The highest BCUT2D eigenvalue weighted by Gasteiger charge is 2.11. The maximum absolute atomic E-state index is 12.2. The molecule has 1 N–H and O–H groups in total. The second-order valence-electron chi connectivity index (χ2n) is 7.30. The van der Waals surface area contributed by atoms with E-state index in [4.69, 9.17) is 9.47 Å². The first-order chi connectivity index (χ1) is 15.3. The molecule has 0 saturated heterocycles. The van der Waals surface area contributed by atoms with E-state index >= 15 is 0 Å². The number of rotatable bonds is 10. The minimum atomic E-state index is -3.24. The van der Waals surface area contributed by atoms with Gasteiger partial charge in [0.1, 0.15) is 18.1 Å². The molecule has 0 fully saturated rings. The predicted octanol–water partition coefficient (Wildman–Crippen LogP) is 3.67. The van der Waals surface area contributed by atoms with Gasteiger partial charge >= 0.3 is 0 Å². The Morgan fingerprint density at radius 3 is 2.06 bits per heavy atom. The number of sulfonamides is 1. The van der Waals surface area contributed by atoms with Gasteiger partial charge in [0.15, 0.2) is 6.61 Å². The molecule has 0 aliphatic heterocycles. The summed E-state index contributed by atoms with van der Waals surface area (Å²) in [4.78, 5) is 12.2. The Morgan fingerprint density at radius 2 is 1.44 bits per heavy atom. The van der Waals surface area contributed by atoms with Crippen LogP contribution in [0.15, 0.2) is 78.9 Å². The van der Waals surface area contributed by atoms with Crippen LogP contribution < -0.4 is 14.8 Å². The molecule has 0 atom stereocenters. The molecule has 0 spiro atoms. The molecule has 0 aromatic heterocycles. The van der Waals surface area contributed by atoms with E-state index < -0.39 is 10.0 Å². The lowest BCUT2D eigenvalue weighted by atomic mass is 10.2. The van der Waals surface area contributed by atoms with Crippen molar-refractivity contribution in [3.05, 3.63) is 90.0 Å². The summed E-state index contributed by atoms with van der Waals surface area (Å²) in [7, 11) is -1.72. The van der Waals surface area contributed by atoms with Crippen molar-refractivity contribution >= 4 is 21.6 Å². The summed E-state index contributed by atoms with van der Waals surface area (Å²) in [6.07, 6.45) is 1.16. The van der Waals surface area contributed by atoms with Gasteiger partial charge in [-0.05, 0) is 47.5 Å². The van der Waals surface area contributed by atoms with Crippen LogP contribution in [0.4, 0.5) is 5.69 Å². The van der Waals surface area contributed by atoms with Gasteiger partial charge < -0.3 is 14.8 Å². The molecule has 7 nitrogen and oxygen atoms in total. The van der Waals surface area contributed by atoms with Crippen LogP contribution in [0.2, 0.25) is 0 Å². The van der Waals surface area contributed by atoms with Crippen molar-refractivity contribution in [3.63, 3.8) is 0 Å². The lowest BCUT2D eigenvalue weighted by Crippen LogP contribution is -2.24. The zero-order valence-corrected chi connectivity index (χ0v) is 18.8. The number of benzene rings is 3. The third kappa shape index (κ3) is 7.40. The maximum atomic E-state index is 12.2. The van der Waals surface area contributed by atoms with Gasteiger partial charge in [-0.15, -0.1) is 0 Å². The molecule has 0 saturated carbocycles. The number of anilines is 1. The van der Waals surface area contributed by atoms with Crippen LogP contribution in [0.1, 0.15) is 11.1 Å². The average Bonchev–Trinajstić information content (AvgIpc) is 2.78. The summed E-state index contributed by atoms with van der Waals surface area (Å²) in [6, 6.07) is 24.0. The van der Waals surface area contributed by atoms with Crippen molar-refractivity contribution in [2.45, 2.75) is 13.2 Å². The molecule has 3 aromatic carbocycles. The summed E-state index contributed by atoms with van der Waals surface area (Å²) in [5.41, 5.74) is 2.55. The highest BCUT2D eigenvalue weighted by molar-refractivity contribution is 7.88. The number of nitrogens with zero attached hydrogens (tertiary/aromatic N) is 1. The quantitative estimate of drug-likeness (QED) is 0.505. The summed E-state index contributed by atoms with van der Waals surface area (Å²) in [5, 5.41) is 2.77. The monoisotopic (exact) mass is 454 g/mol. The number of nitrogens with one attached hydrogen (secondary N) is 1. The Hall–Kier alpha value is -3.36. The van der Waals surface area contributed by atoms with Crippen molar-refractivity contribution in [2.75, 3.05) is 25.2 Å². The highest BCUT2D eigenvalue weighted by Crippen LogP contribution is 2.18. The Kier molecular flexibility index (Phi) is 7.86. The summed E-state index contributed by atoms with van der Waals surface area (Å²) in [5.74, 6) is 0.948. The Labute approximate surface area is 188 Å². The van der Waals surface area contributed by atoms with Gasteiger partial charge in [-0.3, -0.25) is 4.79 Å². The molecule has 0 bridgehead atoms. The Balaban J connectivity index is 1.43. The molecule has 0 heterocycles. The van der Waals surface area contributed by atoms with Crippen LogP contribution in [0.3, 0.4) is 0 Å². The first kappa shape index (κ1) is 23.3. The third-order valence-electron chi connectivity index (χ3n) is 4.65. The van der Waals surface area contributed by atoms with Gasteiger partial charge in [-0.2, -0.15) is 0 Å². The van der Waals surface area contributed by atoms with Gasteiger partial charge in [0.05, 0.1) is 6.26 Å². The molecule has 0 aliphatic carbocycles. The molecule has 32 heavy (non-hydrogen) atoms. The molecule has 8 heteroatoms. The summed E-state index contributed by atoms with van der Waals surface area (Å²) in [6.45, 7) is 0.600. The summed E-state index contributed by atoms with van der Waals surface area (Å²) < 4.78 is 35.5. The minimum absolute atomic E-state index is 0.144. The number of carbonyl (C=O) groups is 1. The number of carbonyl (C=O) groups excluding carboxylic acids is 1. The van der Waals surface area contributed by atoms with Crippen molar-refractivity contribution in [2.24, 2.45) is 0 Å². The zero-order chi connectivity index (χ0) is 23.0. The van der Waals surface area contributed by atoms with E-state index in [0.717, 1.165) is 17.4 Å². The van der Waals surface area contributed by atoms with Gasteiger partial charge in [-0.25, -0.2) is 12.7 Å². The fourth-order valence-electron chi connectivity index (χ4n) is 2.79. The molecular formula is C24H26N2O5S. The van der Waals surface area contributed by atoms with E-state index in [1.54, 1.807) is 48.5 Å². The molecule has 0 unspecified atom stereocenters. The topological polar surface area (TPSA) is 84.9 Å². The van der Waals surface area contributed by atoms with Gasteiger partial charge in [0.25, 0.3) is 5.91 Å². The first-order valence-electron chi connectivity index (χ1n) is 9.99. The zero-order valence-electron chi connectivity index (χ0n) is 18.0.